The Bertz CT molecular complexity index is 440. The molecule has 6 N–H and O–H groups in total. The van der Waals surface area contributed by atoms with E-state index in [1.54, 1.807) is 0 Å². The number of nitrogens with two attached hydrogens (primary N) is 2. The number of primary amides is 1. The molecule has 1 rings (SSSR count). The standard InChI is InChI=1S/C10H12Cl2N2O3/c11-4-1-5(9(14)6(12)2-4)10(17)7(15)3-8(13)16/h1-2,7,10,15,17H,3,14H2,(H2,13,16). The molecule has 0 saturated heterocycles. The van der Waals surface area contributed by atoms with Gasteiger partial charge in [-0.3, -0.25) is 4.79 Å². The van der Waals surface area contributed by atoms with Crippen LogP contribution < -0.4 is 11.5 Å². The molecule has 5 nitrogen and oxygen atoms in total. The van der Waals surface area contributed by atoms with Gasteiger partial charge in [0.1, 0.15) is 6.10 Å². The summed E-state index contributed by atoms with van der Waals surface area (Å²) in [5.41, 5.74) is 10.8. The summed E-state index contributed by atoms with van der Waals surface area (Å²) in [6.45, 7) is 0. The number of nitrogen functional groups attached to an aromatic ring is 1. The van der Waals surface area contributed by atoms with E-state index in [1.807, 2.05) is 0 Å². The molecule has 0 aromatic heterocycles. The van der Waals surface area contributed by atoms with Crippen molar-refractivity contribution in [2.45, 2.75) is 18.6 Å². The maximum absolute atomic E-state index is 10.6. The molecule has 0 bridgehead atoms. The number of anilines is 1. The van der Waals surface area contributed by atoms with Crippen molar-refractivity contribution in [2.24, 2.45) is 5.73 Å². The van der Waals surface area contributed by atoms with Gasteiger partial charge in [-0.1, -0.05) is 23.2 Å². The third kappa shape index (κ3) is 3.47. The summed E-state index contributed by atoms with van der Waals surface area (Å²) in [4.78, 5) is 10.6. The van der Waals surface area contributed by atoms with Crippen LogP contribution in [0.4, 0.5) is 5.69 Å². The Balaban J connectivity index is 3.03. The lowest BCUT2D eigenvalue weighted by Gasteiger charge is -2.19. The molecule has 1 amide bonds. The second-order valence-electron chi connectivity index (χ2n) is 3.57. The highest BCUT2D eigenvalue weighted by molar-refractivity contribution is 6.36. The number of rotatable bonds is 4. The largest absolute Gasteiger partial charge is 0.397 e. The van der Waals surface area contributed by atoms with Gasteiger partial charge in [0.15, 0.2) is 0 Å². The monoisotopic (exact) mass is 278 g/mol. The highest BCUT2D eigenvalue weighted by Gasteiger charge is 2.23. The van der Waals surface area contributed by atoms with Gasteiger partial charge in [0.25, 0.3) is 0 Å². The Morgan fingerprint density at radius 1 is 1.35 bits per heavy atom. The Morgan fingerprint density at radius 3 is 2.47 bits per heavy atom. The van der Waals surface area contributed by atoms with Crippen LogP contribution in [0.5, 0.6) is 0 Å². The molecular weight excluding hydrogens is 267 g/mol. The number of carbonyl (C=O) groups is 1. The number of hydrogen-bond donors (Lipinski definition) is 4. The quantitative estimate of drug-likeness (QED) is 0.612. The van der Waals surface area contributed by atoms with Crippen molar-refractivity contribution in [1.29, 1.82) is 0 Å². The van der Waals surface area contributed by atoms with Crippen molar-refractivity contribution in [3.05, 3.63) is 27.7 Å². The van der Waals surface area contributed by atoms with E-state index < -0.39 is 18.1 Å². The van der Waals surface area contributed by atoms with Crippen LogP contribution in [-0.4, -0.2) is 22.2 Å². The highest BCUT2D eigenvalue weighted by atomic mass is 35.5. The Morgan fingerprint density at radius 2 is 1.94 bits per heavy atom. The molecule has 0 spiro atoms. The van der Waals surface area contributed by atoms with Crippen LogP contribution in [0.25, 0.3) is 0 Å². The molecule has 1 aromatic carbocycles. The number of amides is 1. The molecule has 17 heavy (non-hydrogen) atoms. The molecule has 94 valence electrons. The second-order valence-corrected chi connectivity index (χ2v) is 4.42. The van der Waals surface area contributed by atoms with Gasteiger partial charge in [0.2, 0.25) is 5.91 Å². The zero-order valence-electron chi connectivity index (χ0n) is 8.73. The highest BCUT2D eigenvalue weighted by Crippen LogP contribution is 2.33. The molecule has 2 unspecified atom stereocenters. The van der Waals surface area contributed by atoms with Crippen molar-refractivity contribution < 1.29 is 15.0 Å². The molecule has 0 aliphatic heterocycles. The van der Waals surface area contributed by atoms with Gasteiger partial charge < -0.3 is 21.7 Å². The third-order valence-electron chi connectivity index (χ3n) is 2.22. The summed E-state index contributed by atoms with van der Waals surface area (Å²) >= 11 is 11.5. The minimum atomic E-state index is -1.38. The van der Waals surface area contributed by atoms with Crippen LogP contribution in [0, 0.1) is 0 Å². The van der Waals surface area contributed by atoms with E-state index in [0.29, 0.717) is 0 Å². The van der Waals surface area contributed by atoms with Crippen molar-refractivity contribution in [2.75, 3.05) is 5.73 Å². The third-order valence-corrected chi connectivity index (χ3v) is 2.75. The summed E-state index contributed by atoms with van der Waals surface area (Å²) in [6.07, 6.45) is -3.12. The summed E-state index contributed by atoms with van der Waals surface area (Å²) in [5.74, 6) is -0.733. The van der Waals surface area contributed by atoms with E-state index in [9.17, 15) is 15.0 Å². The maximum Gasteiger partial charge on any atom is 0.220 e. The zero-order valence-corrected chi connectivity index (χ0v) is 10.2. The smallest absolute Gasteiger partial charge is 0.220 e. The summed E-state index contributed by atoms with van der Waals surface area (Å²) in [5, 5.41) is 19.8. The lowest BCUT2D eigenvalue weighted by molar-refractivity contribution is -0.121. The second kappa shape index (κ2) is 5.55. The molecular formula is C10H12Cl2N2O3. The van der Waals surface area contributed by atoms with Gasteiger partial charge in [-0.15, -0.1) is 0 Å². The lowest BCUT2D eigenvalue weighted by Crippen LogP contribution is -2.26. The van der Waals surface area contributed by atoms with Gasteiger partial charge in [0.05, 0.1) is 23.2 Å². The SMILES string of the molecule is NC(=O)CC(O)C(O)c1cc(Cl)cc(Cl)c1N. The van der Waals surface area contributed by atoms with Gasteiger partial charge in [-0.2, -0.15) is 0 Å². The number of aliphatic hydroxyl groups excluding tert-OH is 2. The van der Waals surface area contributed by atoms with Crippen LogP contribution in [0.3, 0.4) is 0 Å². The van der Waals surface area contributed by atoms with Crippen molar-refractivity contribution in [3.63, 3.8) is 0 Å². The summed E-state index contributed by atoms with van der Waals surface area (Å²) in [6, 6.07) is 2.78. The molecule has 0 heterocycles. The first-order valence-corrected chi connectivity index (χ1v) is 5.47. The summed E-state index contributed by atoms with van der Waals surface area (Å²) in [7, 11) is 0. The van der Waals surface area contributed by atoms with Crippen LogP contribution in [0.2, 0.25) is 10.0 Å². The van der Waals surface area contributed by atoms with Crippen molar-refractivity contribution in [3.8, 4) is 0 Å². The van der Waals surface area contributed by atoms with Gasteiger partial charge in [-0.05, 0) is 12.1 Å². The molecule has 7 heteroatoms. The number of benzene rings is 1. The van der Waals surface area contributed by atoms with Gasteiger partial charge in [-0.25, -0.2) is 0 Å². The van der Waals surface area contributed by atoms with E-state index in [1.165, 1.54) is 12.1 Å². The molecule has 0 aliphatic carbocycles. The van der Waals surface area contributed by atoms with Crippen LogP contribution >= 0.6 is 23.2 Å². The first-order valence-electron chi connectivity index (χ1n) is 4.71. The van der Waals surface area contributed by atoms with Crippen LogP contribution in [-0.2, 0) is 4.79 Å². The zero-order chi connectivity index (χ0) is 13.2. The van der Waals surface area contributed by atoms with E-state index in [-0.39, 0.29) is 27.7 Å². The average molecular weight is 279 g/mol. The first kappa shape index (κ1) is 14.1. The summed E-state index contributed by atoms with van der Waals surface area (Å²) < 4.78 is 0. The van der Waals surface area contributed by atoms with Crippen molar-refractivity contribution >= 4 is 34.8 Å². The van der Waals surface area contributed by atoms with Crippen molar-refractivity contribution in [1.82, 2.24) is 0 Å². The average Bonchev–Trinajstić information content (AvgIpc) is 2.21. The molecule has 0 saturated carbocycles. The minimum absolute atomic E-state index is 0.104. The predicted octanol–water partition coefficient (Wildman–Crippen LogP) is 0.845. The normalized spacial score (nSPS) is 14.4. The topological polar surface area (TPSA) is 110 Å². The fraction of sp³-hybridized carbons (Fsp3) is 0.300. The van der Waals surface area contributed by atoms with E-state index in [2.05, 4.69) is 0 Å². The minimum Gasteiger partial charge on any atom is -0.397 e. The molecule has 2 atom stereocenters. The molecule has 0 radical (unpaired) electrons. The fourth-order valence-corrected chi connectivity index (χ4v) is 1.88. The Hall–Kier alpha value is -1.01. The predicted molar refractivity (Wildman–Crippen MR) is 65.7 cm³/mol. The molecule has 0 fully saturated rings. The van der Waals surface area contributed by atoms with Gasteiger partial charge >= 0.3 is 0 Å². The lowest BCUT2D eigenvalue weighted by atomic mass is 10.0. The number of hydrogen-bond acceptors (Lipinski definition) is 4. The van der Waals surface area contributed by atoms with E-state index in [0.717, 1.165) is 0 Å². The number of carbonyl (C=O) groups excluding carboxylic acids is 1. The molecule has 1 aromatic rings. The van der Waals surface area contributed by atoms with E-state index >= 15 is 0 Å². The van der Waals surface area contributed by atoms with Gasteiger partial charge in [0, 0.05) is 10.6 Å². The van der Waals surface area contributed by atoms with E-state index in [4.69, 9.17) is 34.7 Å². The fourth-order valence-electron chi connectivity index (χ4n) is 1.37. The number of halogens is 2. The van der Waals surface area contributed by atoms with Crippen LogP contribution in [0.15, 0.2) is 12.1 Å². The first-order chi connectivity index (χ1) is 7.82. The number of aliphatic hydroxyl groups is 2. The Kier molecular flexibility index (Phi) is 4.59. The molecule has 0 aliphatic rings. The Labute approximate surface area is 108 Å². The maximum atomic E-state index is 10.6. The van der Waals surface area contributed by atoms with Crippen LogP contribution in [0.1, 0.15) is 18.1 Å².